The Balaban J connectivity index is 2.74. The molecular weight excluding hydrogens is 262 g/mol. The van der Waals surface area contributed by atoms with Gasteiger partial charge in [-0.25, -0.2) is 0 Å². The molecule has 0 unspecified atom stereocenters. The van der Waals surface area contributed by atoms with Crippen molar-refractivity contribution < 1.29 is 8.97 Å². The first kappa shape index (κ1) is 18.9. The summed E-state index contributed by atoms with van der Waals surface area (Å²) in [6.07, 6.45) is 3.20. The molecule has 4 heteroatoms. The van der Waals surface area contributed by atoms with Crippen LogP contribution in [0.4, 0.5) is 0 Å². The van der Waals surface area contributed by atoms with Gasteiger partial charge in [-0.15, -0.1) is 0 Å². The van der Waals surface area contributed by atoms with Gasteiger partial charge < -0.3 is 19.2 Å². The van der Waals surface area contributed by atoms with Crippen molar-refractivity contribution in [2.24, 2.45) is 0 Å². The molecule has 0 spiro atoms. The molecule has 0 aliphatic carbocycles. The molecule has 0 radical (unpaired) electrons. The highest BCUT2D eigenvalue weighted by Gasteiger charge is 2.45. The molecule has 0 N–H and O–H groups in total. The number of hydroxylamine groups is 2. The molecule has 1 rings (SSSR count). The maximum Gasteiger partial charge on any atom is 0.0920 e. The minimum absolute atomic E-state index is 0.262. The van der Waals surface area contributed by atoms with Crippen LogP contribution >= 0.6 is 0 Å². The molecule has 1 heterocycles. The highest BCUT2D eigenvalue weighted by molar-refractivity contribution is 5.01. The molecule has 1 aliphatic heterocycles. The van der Waals surface area contributed by atoms with Crippen LogP contribution < -0.4 is 0 Å². The third kappa shape index (κ3) is 4.92. The first-order valence-electron chi connectivity index (χ1n) is 8.28. The Kier molecular flexibility index (Phi) is 5.22. The minimum Gasteiger partial charge on any atom is -0.784 e. The highest BCUT2D eigenvalue weighted by Crippen LogP contribution is 2.40. The Hall–Kier alpha value is -0.160. The Labute approximate surface area is 132 Å². The maximum absolute atomic E-state index is 12.5. The lowest BCUT2D eigenvalue weighted by Crippen LogP contribution is -2.65. The molecule has 0 atom stereocenters. The lowest BCUT2D eigenvalue weighted by atomic mass is 9.77. The SMILES string of the molecule is CC1(C)CC([N+](C)(C)CCC[N+](C)(C)C)CC(C)(C)N1[O-]. The van der Waals surface area contributed by atoms with Crippen LogP contribution in [0.25, 0.3) is 0 Å². The van der Waals surface area contributed by atoms with Gasteiger partial charge in [0.05, 0.1) is 54.4 Å². The number of hydrogen-bond donors (Lipinski definition) is 0. The number of rotatable bonds is 5. The Morgan fingerprint density at radius 1 is 0.905 bits per heavy atom. The zero-order valence-corrected chi connectivity index (χ0v) is 15.9. The van der Waals surface area contributed by atoms with Crippen molar-refractivity contribution in [2.75, 3.05) is 48.3 Å². The fourth-order valence-corrected chi connectivity index (χ4v) is 3.84. The van der Waals surface area contributed by atoms with E-state index in [-0.39, 0.29) is 11.1 Å². The second-order valence-electron chi connectivity index (χ2n) is 9.85. The molecule has 21 heavy (non-hydrogen) atoms. The quantitative estimate of drug-likeness (QED) is 0.730. The fraction of sp³-hybridized carbons (Fsp3) is 1.00. The van der Waals surface area contributed by atoms with Crippen molar-refractivity contribution in [3.8, 4) is 0 Å². The first-order valence-corrected chi connectivity index (χ1v) is 8.28. The smallest absolute Gasteiger partial charge is 0.0920 e. The summed E-state index contributed by atoms with van der Waals surface area (Å²) in [5.41, 5.74) is -0.524. The van der Waals surface area contributed by atoms with Crippen LogP contribution in [-0.2, 0) is 0 Å². The van der Waals surface area contributed by atoms with E-state index in [0.29, 0.717) is 6.04 Å². The van der Waals surface area contributed by atoms with Gasteiger partial charge in [0.15, 0.2) is 0 Å². The monoisotopic (exact) mass is 300 g/mol. The predicted octanol–water partition coefficient (Wildman–Crippen LogP) is 2.68. The molecule has 1 aliphatic rings. The second kappa shape index (κ2) is 5.80. The summed E-state index contributed by atoms with van der Waals surface area (Å²) in [6.45, 7) is 10.8. The van der Waals surface area contributed by atoms with E-state index < -0.39 is 0 Å². The lowest BCUT2D eigenvalue weighted by molar-refractivity contribution is -0.924. The number of nitrogens with zero attached hydrogens (tertiary/aromatic N) is 3. The molecule has 0 bridgehead atoms. The summed E-state index contributed by atoms with van der Waals surface area (Å²) in [5.74, 6) is 0. The summed E-state index contributed by atoms with van der Waals surface area (Å²) in [6, 6.07) is 0.563. The van der Waals surface area contributed by atoms with Gasteiger partial charge >= 0.3 is 0 Å². The molecule has 4 nitrogen and oxygen atoms in total. The summed E-state index contributed by atoms with van der Waals surface area (Å²) < 4.78 is 2.05. The maximum atomic E-state index is 12.5. The molecule has 0 aromatic carbocycles. The van der Waals surface area contributed by atoms with Gasteiger partial charge in [-0.3, -0.25) is 0 Å². The summed E-state index contributed by atoms with van der Waals surface area (Å²) in [5, 5.41) is 13.8. The van der Waals surface area contributed by atoms with Gasteiger partial charge in [0, 0.05) is 30.3 Å². The molecule has 0 saturated carbocycles. The van der Waals surface area contributed by atoms with E-state index in [1.165, 1.54) is 24.6 Å². The van der Waals surface area contributed by atoms with E-state index in [2.05, 4.69) is 62.9 Å². The van der Waals surface area contributed by atoms with E-state index in [1.54, 1.807) is 0 Å². The molecular formula is C17H38N3O+. The first-order chi connectivity index (χ1) is 9.17. The molecule has 1 saturated heterocycles. The average Bonchev–Trinajstić information content (AvgIpc) is 2.22. The molecule has 0 aromatic rings. The van der Waals surface area contributed by atoms with E-state index >= 15 is 0 Å². The van der Waals surface area contributed by atoms with Crippen LogP contribution in [0.3, 0.4) is 0 Å². The van der Waals surface area contributed by atoms with Crippen molar-refractivity contribution in [2.45, 2.75) is 64.1 Å². The van der Waals surface area contributed by atoms with E-state index in [4.69, 9.17) is 0 Å². The summed E-state index contributed by atoms with van der Waals surface area (Å²) >= 11 is 0. The van der Waals surface area contributed by atoms with Gasteiger partial charge in [0.1, 0.15) is 0 Å². The van der Waals surface area contributed by atoms with Crippen molar-refractivity contribution in [3.05, 3.63) is 5.21 Å². The molecule has 0 amide bonds. The minimum atomic E-state index is -0.262. The average molecular weight is 301 g/mol. The standard InChI is InChI=1S/C17H38N3O/c1-16(2)13-15(14-17(3,4)18(16)21)20(8,9)12-10-11-19(5,6)7/h15H,10-14H2,1-9H3/q+1. The summed E-state index contributed by atoms with van der Waals surface area (Å²) in [7, 11) is 11.4. The van der Waals surface area contributed by atoms with Crippen molar-refractivity contribution >= 4 is 0 Å². The van der Waals surface area contributed by atoms with E-state index in [9.17, 15) is 5.21 Å². The summed E-state index contributed by atoms with van der Waals surface area (Å²) in [4.78, 5) is 0. The third-order valence-electron chi connectivity index (χ3n) is 5.12. The normalized spacial score (nSPS) is 24.3. The van der Waals surface area contributed by atoms with Gasteiger partial charge in [-0.05, 0) is 27.7 Å². The van der Waals surface area contributed by atoms with Gasteiger partial charge in [0.2, 0.25) is 0 Å². The van der Waals surface area contributed by atoms with Crippen molar-refractivity contribution in [1.82, 2.24) is 5.06 Å². The zero-order valence-electron chi connectivity index (χ0n) is 15.9. The van der Waals surface area contributed by atoms with Gasteiger partial charge in [-0.2, -0.15) is 0 Å². The van der Waals surface area contributed by atoms with Crippen molar-refractivity contribution in [3.63, 3.8) is 0 Å². The van der Waals surface area contributed by atoms with Crippen LogP contribution in [0.2, 0.25) is 0 Å². The van der Waals surface area contributed by atoms with Crippen LogP contribution in [0.1, 0.15) is 47.0 Å². The van der Waals surface area contributed by atoms with Crippen LogP contribution in [-0.4, -0.2) is 79.5 Å². The Bertz CT molecular complexity index is 338. The largest absolute Gasteiger partial charge is 0.784 e. The predicted molar refractivity (Wildman–Crippen MR) is 90.9 cm³/mol. The lowest BCUT2D eigenvalue weighted by Gasteiger charge is -2.61. The third-order valence-corrected chi connectivity index (χ3v) is 5.12. The topological polar surface area (TPSA) is 26.3 Å². The van der Waals surface area contributed by atoms with Crippen LogP contribution in [0.15, 0.2) is 0 Å². The Morgan fingerprint density at radius 2 is 1.33 bits per heavy atom. The molecule has 0 aromatic heterocycles. The Morgan fingerprint density at radius 3 is 1.71 bits per heavy atom. The second-order valence-corrected chi connectivity index (χ2v) is 9.85. The fourth-order valence-electron chi connectivity index (χ4n) is 3.84. The van der Waals surface area contributed by atoms with E-state index in [0.717, 1.165) is 21.8 Å². The van der Waals surface area contributed by atoms with E-state index in [1.807, 2.05) is 0 Å². The molecule has 1 fully saturated rings. The number of piperidine rings is 1. The highest BCUT2D eigenvalue weighted by atomic mass is 16.5. The van der Waals surface area contributed by atoms with Crippen LogP contribution in [0, 0.1) is 5.21 Å². The number of hydrogen-bond acceptors (Lipinski definition) is 2. The molecule has 126 valence electrons. The van der Waals surface area contributed by atoms with Crippen molar-refractivity contribution in [1.29, 1.82) is 0 Å². The van der Waals surface area contributed by atoms with Crippen LogP contribution in [0.5, 0.6) is 0 Å². The van der Waals surface area contributed by atoms with Gasteiger partial charge in [-0.1, -0.05) is 0 Å². The number of quaternary nitrogens is 2. The van der Waals surface area contributed by atoms with Gasteiger partial charge in [0.25, 0.3) is 0 Å². The zero-order chi connectivity index (χ0) is 16.7.